The molecule has 1 N–H and O–H groups in total. The molecule has 160 valence electrons. The van der Waals surface area contributed by atoms with Crippen LogP contribution in [0.25, 0.3) is 0 Å². The van der Waals surface area contributed by atoms with E-state index in [1.807, 2.05) is 0 Å². The van der Waals surface area contributed by atoms with Gasteiger partial charge in [0, 0.05) is 19.0 Å². The molecule has 0 bridgehead atoms. The summed E-state index contributed by atoms with van der Waals surface area (Å²) >= 11 is 0. The van der Waals surface area contributed by atoms with E-state index < -0.39 is 0 Å². The van der Waals surface area contributed by atoms with Crippen LogP contribution in [0, 0.1) is 40.4 Å². The molecule has 9 atom stereocenters. The maximum Gasteiger partial charge on any atom is 0.217 e. The van der Waals surface area contributed by atoms with Gasteiger partial charge in [0.05, 0.1) is 0 Å². The first-order valence-corrected chi connectivity index (χ1v) is 12.1. The molecule has 1 amide bonds. The van der Waals surface area contributed by atoms with Gasteiger partial charge in [0.1, 0.15) is 0 Å². The zero-order valence-corrected chi connectivity index (χ0v) is 19.3. The molecule has 0 aromatic heterocycles. The highest BCUT2D eigenvalue weighted by Crippen LogP contribution is 2.67. The number of hydrogen-bond acceptors (Lipinski definition) is 2. The number of hydrogen-bond donors (Lipinski definition) is 1. The molecular weight excluding hydrogens is 344 g/mol. The van der Waals surface area contributed by atoms with Crippen LogP contribution >= 0.6 is 0 Å². The monoisotopic (exact) mass is 388 g/mol. The summed E-state index contributed by atoms with van der Waals surface area (Å²) in [6.07, 6.45) is 12.7. The number of carbonyl (C=O) groups is 1. The van der Waals surface area contributed by atoms with Crippen LogP contribution in [0.5, 0.6) is 0 Å². The Bertz CT molecular complexity index is 603. The Kier molecular flexibility index (Phi) is 5.39. The first kappa shape index (κ1) is 20.7. The van der Waals surface area contributed by atoms with Crippen molar-refractivity contribution < 1.29 is 4.79 Å². The second-order valence-corrected chi connectivity index (χ2v) is 11.8. The highest BCUT2D eigenvalue weighted by Gasteiger charge is 2.60. The molecular formula is C25H44N2O. The van der Waals surface area contributed by atoms with Crippen LogP contribution in [0.1, 0.15) is 85.5 Å². The average molecular weight is 389 g/mol. The van der Waals surface area contributed by atoms with Gasteiger partial charge in [-0.3, -0.25) is 4.79 Å². The Balaban J connectivity index is 1.52. The summed E-state index contributed by atoms with van der Waals surface area (Å²) in [6, 6.07) is 1.13. The molecule has 0 spiro atoms. The van der Waals surface area contributed by atoms with Crippen molar-refractivity contribution >= 4 is 5.91 Å². The van der Waals surface area contributed by atoms with Gasteiger partial charge in [0.25, 0.3) is 0 Å². The van der Waals surface area contributed by atoms with Crippen molar-refractivity contribution in [3.63, 3.8) is 0 Å². The molecule has 4 aliphatic rings. The average Bonchev–Trinajstić information content (AvgIpc) is 2.97. The topological polar surface area (TPSA) is 32.3 Å². The summed E-state index contributed by atoms with van der Waals surface area (Å²) in [5, 5.41) is 3.24. The minimum Gasteiger partial charge on any atom is -0.354 e. The molecule has 28 heavy (non-hydrogen) atoms. The summed E-state index contributed by atoms with van der Waals surface area (Å²) in [7, 11) is 4.56. The number of carbonyl (C=O) groups excluding carboxylic acids is 1. The third kappa shape index (κ3) is 3.15. The molecule has 4 aliphatic carbocycles. The fourth-order valence-electron chi connectivity index (χ4n) is 8.99. The fraction of sp³-hybridized carbons (Fsp3) is 0.960. The summed E-state index contributed by atoms with van der Waals surface area (Å²) in [5.41, 5.74) is 1.02. The van der Waals surface area contributed by atoms with E-state index in [0.717, 1.165) is 29.7 Å². The lowest BCUT2D eigenvalue weighted by atomic mass is 9.44. The molecule has 3 nitrogen and oxygen atoms in total. The molecule has 0 aromatic carbocycles. The molecule has 0 radical (unpaired) electrons. The van der Waals surface area contributed by atoms with Crippen LogP contribution < -0.4 is 5.32 Å². The SMILES string of the molecule is CC(=O)NC(C)[C@H]1CC[C@H]2[C@@H]3CC[C@H]4C[C@@H](N(C)C)CC[C@]4(C)[C@H]3CC[C@]12C. The van der Waals surface area contributed by atoms with Crippen LogP contribution in [0.2, 0.25) is 0 Å². The maximum atomic E-state index is 11.7. The fourth-order valence-corrected chi connectivity index (χ4v) is 8.99. The van der Waals surface area contributed by atoms with E-state index in [1.165, 1.54) is 57.8 Å². The zero-order valence-electron chi connectivity index (χ0n) is 19.3. The second kappa shape index (κ2) is 7.29. The summed E-state index contributed by atoms with van der Waals surface area (Å²) in [5.74, 6) is 4.51. The van der Waals surface area contributed by atoms with Gasteiger partial charge in [0.15, 0.2) is 0 Å². The second-order valence-electron chi connectivity index (χ2n) is 11.8. The third-order valence-corrected chi connectivity index (χ3v) is 10.5. The lowest BCUT2D eigenvalue weighted by Crippen LogP contribution is -2.56. The van der Waals surface area contributed by atoms with Gasteiger partial charge in [0.2, 0.25) is 5.91 Å². The van der Waals surface area contributed by atoms with E-state index in [-0.39, 0.29) is 5.91 Å². The van der Waals surface area contributed by atoms with Crippen molar-refractivity contribution in [1.82, 2.24) is 10.2 Å². The lowest BCUT2D eigenvalue weighted by Gasteiger charge is -2.61. The number of fused-ring (bicyclic) bond motifs is 5. The highest BCUT2D eigenvalue weighted by molar-refractivity contribution is 5.73. The molecule has 4 saturated carbocycles. The Morgan fingerprint density at radius 3 is 2.32 bits per heavy atom. The smallest absolute Gasteiger partial charge is 0.217 e. The third-order valence-electron chi connectivity index (χ3n) is 10.5. The standard InChI is InChI=1S/C25H44N2O/c1-16(26-17(2)28)21-9-10-22-20-8-7-18-15-19(27(5)6)11-13-24(18,3)23(20)12-14-25(21,22)4/h16,18-23H,7-15H2,1-6H3,(H,26,28)/t16?,18-,19-,20-,21+,22-,23-,24-,25+/m0/s1. The van der Waals surface area contributed by atoms with Crippen molar-refractivity contribution in [2.75, 3.05) is 14.1 Å². The Morgan fingerprint density at radius 2 is 1.64 bits per heavy atom. The van der Waals surface area contributed by atoms with Gasteiger partial charge in [-0.2, -0.15) is 0 Å². The summed E-state index contributed by atoms with van der Waals surface area (Å²) in [4.78, 5) is 14.1. The lowest BCUT2D eigenvalue weighted by molar-refractivity contribution is -0.125. The van der Waals surface area contributed by atoms with Gasteiger partial charge < -0.3 is 10.2 Å². The van der Waals surface area contributed by atoms with E-state index in [0.29, 0.717) is 22.8 Å². The minimum absolute atomic E-state index is 0.138. The first-order valence-electron chi connectivity index (χ1n) is 12.1. The summed E-state index contributed by atoms with van der Waals surface area (Å²) in [6.45, 7) is 9.19. The molecule has 3 heteroatoms. The Morgan fingerprint density at radius 1 is 0.964 bits per heavy atom. The molecule has 4 fully saturated rings. The first-order chi connectivity index (χ1) is 13.2. The maximum absolute atomic E-state index is 11.7. The molecule has 0 heterocycles. The van der Waals surface area contributed by atoms with Crippen molar-refractivity contribution in [3.8, 4) is 0 Å². The van der Waals surface area contributed by atoms with Crippen LogP contribution in [-0.4, -0.2) is 37.0 Å². The normalized spacial score (nSPS) is 49.1. The Hall–Kier alpha value is -0.570. The molecule has 0 saturated heterocycles. The van der Waals surface area contributed by atoms with E-state index in [1.54, 1.807) is 6.92 Å². The number of nitrogens with one attached hydrogen (secondary N) is 1. The summed E-state index contributed by atoms with van der Waals surface area (Å²) < 4.78 is 0. The van der Waals surface area contributed by atoms with Crippen molar-refractivity contribution in [3.05, 3.63) is 0 Å². The zero-order chi connectivity index (χ0) is 20.3. The predicted molar refractivity (Wildman–Crippen MR) is 116 cm³/mol. The minimum atomic E-state index is 0.138. The largest absolute Gasteiger partial charge is 0.354 e. The van der Waals surface area contributed by atoms with Crippen molar-refractivity contribution in [1.29, 1.82) is 0 Å². The van der Waals surface area contributed by atoms with Gasteiger partial charge in [-0.15, -0.1) is 0 Å². The van der Waals surface area contributed by atoms with E-state index >= 15 is 0 Å². The van der Waals surface area contributed by atoms with Crippen LogP contribution in [0.3, 0.4) is 0 Å². The van der Waals surface area contributed by atoms with E-state index in [2.05, 4.69) is 45.1 Å². The van der Waals surface area contributed by atoms with E-state index in [9.17, 15) is 4.79 Å². The van der Waals surface area contributed by atoms with Crippen molar-refractivity contribution in [2.24, 2.45) is 40.4 Å². The number of rotatable bonds is 3. The van der Waals surface area contributed by atoms with Crippen LogP contribution in [0.15, 0.2) is 0 Å². The Labute approximate surface area is 173 Å². The molecule has 4 rings (SSSR count). The number of nitrogens with zero attached hydrogens (tertiary/aromatic N) is 1. The highest BCUT2D eigenvalue weighted by atomic mass is 16.1. The molecule has 1 unspecified atom stereocenters. The van der Waals surface area contributed by atoms with Crippen LogP contribution in [0.4, 0.5) is 0 Å². The predicted octanol–water partition coefficient (Wildman–Crippen LogP) is 5.10. The molecule has 0 aliphatic heterocycles. The quantitative estimate of drug-likeness (QED) is 0.729. The van der Waals surface area contributed by atoms with Crippen LogP contribution in [-0.2, 0) is 4.79 Å². The molecule has 0 aromatic rings. The van der Waals surface area contributed by atoms with Gasteiger partial charge in [-0.05, 0) is 119 Å². The number of amides is 1. The van der Waals surface area contributed by atoms with Gasteiger partial charge in [-0.25, -0.2) is 0 Å². The van der Waals surface area contributed by atoms with E-state index in [4.69, 9.17) is 0 Å². The van der Waals surface area contributed by atoms with Gasteiger partial charge in [-0.1, -0.05) is 13.8 Å². The van der Waals surface area contributed by atoms with Crippen molar-refractivity contribution in [2.45, 2.75) is 97.6 Å². The van der Waals surface area contributed by atoms with Gasteiger partial charge >= 0.3 is 0 Å².